The predicted octanol–water partition coefficient (Wildman–Crippen LogP) is 3.88. The van der Waals surface area contributed by atoms with Crippen molar-refractivity contribution in [1.82, 2.24) is 5.32 Å². The molecule has 21 heavy (non-hydrogen) atoms. The van der Waals surface area contributed by atoms with Gasteiger partial charge in [0, 0.05) is 24.9 Å². The number of benzene rings is 1. The molecule has 0 bridgehead atoms. The highest BCUT2D eigenvalue weighted by Crippen LogP contribution is 2.32. The second-order valence-electron chi connectivity index (χ2n) is 5.86. The van der Waals surface area contributed by atoms with Crippen LogP contribution in [0.4, 0.5) is 5.69 Å². The summed E-state index contributed by atoms with van der Waals surface area (Å²) in [5.74, 6) is 0. The molecule has 0 aromatic heterocycles. The molecule has 0 unspecified atom stereocenters. The van der Waals surface area contributed by atoms with Gasteiger partial charge in [0.15, 0.2) is 5.11 Å². The van der Waals surface area contributed by atoms with E-state index in [1.807, 2.05) is 0 Å². The number of nitrogens with one attached hydrogen (secondary N) is 2. The minimum absolute atomic E-state index is 0.115. The number of thiocarbonyl (C=S) groups is 1. The Morgan fingerprint density at radius 2 is 1.90 bits per heavy atom. The van der Waals surface area contributed by atoms with E-state index in [0.29, 0.717) is 0 Å². The molecule has 1 saturated carbocycles. The Bertz CT molecular complexity index is 452. The van der Waals surface area contributed by atoms with Gasteiger partial charge in [-0.25, -0.2) is 0 Å². The van der Waals surface area contributed by atoms with Crippen molar-refractivity contribution in [3.8, 4) is 0 Å². The third kappa shape index (κ3) is 4.68. The van der Waals surface area contributed by atoms with Gasteiger partial charge >= 0.3 is 0 Å². The quantitative estimate of drug-likeness (QED) is 0.781. The number of rotatable bonds is 6. The molecule has 2 N–H and O–H groups in total. The van der Waals surface area contributed by atoms with Crippen LogP contribution in [0.2, 0.25) is 0 Å². The van der Waals surface area contributed by atoms with Crippen LogP contribution in [0.5, 0.6) is 0 Å². The van der Waals surface area contributed by atoms with Crippen molar-refractivity contribution in [2.75, 3.05) is 19.0 Å². The van der Waals surface area contributed by atoms with Crippen LogP contribution in [0, 0.1) is 0 Å². The number of hydrogen-bond donors (Lipinski definition) is 2. The number of ether oxygens (including phenoxy) is 1. The Balaban J connectivity index is 1.92. The first-order chi connectivity index (χ1) is 10.2. The Hall–Kier alpha value is -1.13. The SMILES string of the molecule is CCc1ccc(NC(=S)NC2(CCOC)CCCC2)cc1. The van der Waals surface area contributed by atoms with E-state index < -0.39 is 0 Å². The highest BCUT2D eigenvalue weighted by atomic mass is 32.1. The molecule has 0 aliphatic heterocycles. The number of hydrogen-bond acceptors (Lipinski definition) is 2. The van der Waals surface area contributed by atoms with Gasteiger partial charge < -0.3 is 15.4 Å². The van der Waals surface area contributed by atoms with Crippen LogP contribution < -0.4 is 10.6 Å². The summed E-state index contributed by atoms with van der Waals surface area (Å²) in [7, 11) is 1.76. The first kappa shape index (κ1) is 16.2. The largest absolute Gasteiger partial charge is 0.385 e. The molecule has 2 rings (SSSR count). The normalized spacial score (nSPS) is 16.7. The standard InChI is InChI=1S/C17H26N2OS/c1-3-14-6-8-15(9-7-14)18-16(21)19-17(12-13-20-2)10-4-5-11-17/h6-9H,3-5,10-13H2,1-2H3,(H2,18,19,21). The minimum atomic E-state index is 0.115. The molecule has 1 aliphatic rings. The highest BCUT2D eigenvalue weighted by molar-refractivity contribution is 7.80. The summed E-state index contributed by atoms with van der Waals surface area (Å²) in [4.78, 5) is 0. The van der Waals surface area contributed by atoms with Gasteiger partial charge in [0.1, 0.15) is 0 Å². The molecule has 1 fully saturated rings. The summed E-state index contributed by atoms with van der Waals surface area (Å²) in [6, 6.07) is 8.45. The molecule has 4 heteroatoms. The first-order valence-corrected chi connectivity index (χ1v) is 8.25. The summed E-state index contributed by atoms with van der Waals surface area (Å²) in [5, 5.41) is 7.57. The van der Waals surface area contributed by atoms with Crippen molar-refractivity contribution in [2.45, 2.75) is 51.0 Å². The maximum Gasteiger partial charge on any atom is 0.171 e. The molecule has 116 valence electrons. The van der Waals surface area contributed by atoms with Gasteiger partial charge in [-0.1, -0.05) is 31.9 Å². The summed E-state index contributed by atoms with van der Waals surface area (Å²) in [6.45, 7) is 2.94. The highest BCUT2D eigenvalue weighted by Gasteiger charge is 2.33. The molecule has 1 aromatic carbocycles. The van der Waals surface area contributed by atoms with Gasteiger partial charge in [0.2, 0.25) is 0 Å². The first-order valence-electron chi connectivity index (χ1n) is 7.84. The Labute approximate surface area is 133 Å². The zero-order valence-corrected chi connectivity index (χ0v) is 13.9. The van der Waals surface area contributed by atoms with Crippen molar-refractivity contribution >= 4 is 23.0 Å². The van der Waals surface area contributed by atoms with Crippen LogP contribution in [0.25, 0.3) is 0 Å². The van der Waals surface area contributed by atoms with Gasteiger partial charge in [-0.3, -0.25) is 0 Å². The zero-order chi connectivity index (χ0) is 15.1. The Kier molecular flexibility index (Phi) is 6.00. The number of anilines is 1. The molecule has 0 spiro atoms. The van der Waals surface area contributed by atoms with E-state index in [-0.39, 0.29) is 5.54 Å². The average Bonchev–Trinajstić information content (AvgIpc) is 2.94. The molecular weight excluding hydrogens is 280 g/mol. The van der Waals surface area contributed by atoms with Gasteiger partial charge in [-0.2, -0.15) is 0 Å². The van der Waals surface area contributed by atoms with Crippen LogP contribution >= 0.6 is 12.2 Å². The van der Waals surface area contributed by atoms with Crippen LogP contribution in [0.15, 0.2) is 24.3 Å². The molecule has 0 saturated heterocycles. The summed E-state index contributed by atoms with van der Waals surface area (Å²) < 4.78 is 5.25. The Morgan fingerprint density at radius 3 is 2.48 bits per heavy atom. The van der Waals surface area contributed by atoms with E-state index in [1.165, 1.54) is 31.2 Å². The second kappa shape index (κ2) is 7.76. The molecule has 1 aliphatic carbocycles. The summed E-state index contributed by atoms with van der Waals surface area (Å²) in [6.07, 6.45) is 6.96. The molecule has 0 amide bonds. The lowest BCUT2D eigenvalue weighted by molar-refractivity contribution is 0.163. The maximum absolute atomic E-state index is 5.49. The van der Waals surface area contributed by atoms with Crippen molar-refractivity contribution in [2.24, 2.45) is 0 Å². The van der Waals surface area contributed by atoms with Gasteiger partial charge in [0.05, 0.1) is 0 Å². The van der Waals surface area contributed by atoms with Gasteiger partial charge in [-0.15, -0.1) is 0 Å². The van der Waals surface area contributed by atoms with E-state index in [4.69, 9.17) is 17.0 Å². The molecule has 0 heterocycles. The van der Waals surface area contributed by atoms with Crippen LogP contribution in [-0.4, -0.2) is 24.4 Å². The van der Waals surface area contributed by atoms with Crippen molar-refractivity contribution in [1.29, 1.82) is 0 Å². The van der Waals surface area contributed by atoms with E-state index in [0.717, 1.165) is 30.2 Å². The Morgan fingerprint density at radius 1 is 1.24 bits per heavy atom. The lowest BCUT2D eigenvalue weighted by Crippen LogP contribution is -2.48. The third-order valence-corrected chi connectivity index (χ3v) is 4.55. The molecule has 1 aromatic rings. The molecule has 0 atom stereocenters. The average molecular weight is 306 g/mol. The maximum atomic E-state index is 5.49. The van der Waals surface area contributed by atoms with Crippen LogP contribution in [0.1, 0.15) is 44.6 Å². The van der Waals surface area contributed by atoms with E-state index in [2.05, 4.69) is 41.8 Å². The summed E-state index contributed by atoms with van der Waals surface area (Å²) in [5.41, 5.74) is 2.50. The topological polar surface area (TPSA) is 33.3 Å². The van der Waals surface area contributed by atoms with Crippen LogP contribution in [0.3, 0.4) is 0 Å². The van der Waals surface area contributed by atoms with Crippen molar-refractivity contribution in [3.05, 3.63) is 29.8 Å². The predicted molar refractivity (Wildman–Crippen MR) is 92.9 cm³/mol. The zero-order valence-electron chi connectivity index (χ0n) is 13.1. The van der Waals surface area contributed by atoms with Gasteiger partial charge in [0.25, 0.3) is 0 Å². The third-order valence-electron chi connectivity index (χ3n) is 4.34. The van der Waals surface area contributed by atoms with Crippen LogP contribution in [-0.2, 0) is 11.2 Å². The fourth-order valence-corrected chi connectivity index (χ4v) is 3.35. The molecular formula is C17H26N2OS. The monoisotopic (exact) mass is 306 g/mol. The summed E-state index contributed by atoms with van der Waals surface area (Å²) >= 11 is 5.49. The van der Waals surface area contributed by atoms with E-state index in [9.17, 15) is 0 Å². The minimum Gasteiger partial charge on any atom is -0.385 e. The smallest absolute Gasteiger partial charge is 0.171 e. The van der Waals surface area contributed by atoms with E-state index >= 15 is 0 Å². The number of aryl methyl sites for hydroxylation is 1. The number of methoxy groups -OCH3 is 1. The fraction of sp³-hybridized carbons (Fsp3) is 0.588. The molecule has 3 nitrogen and oxygen atoms in total. The lowest BCUT2D eigenvalue weighted by Gasteiger charge is -2.31. The van der Waals surface area contributed by atoms with E-state index in [1.54, 1.807) is 7.11 Å². The van der Waals surface area contributed by atoms with Gasteiger partial charge in [-0.05, 0) is 55.6 Å². The second-order valence-corrected chi connectivity index (χ2v) is 6.27. The van der Waals surface area contributed by atoms with Crippen molar-refractivity contribution in [3.63, 3.8) is 0 Å². The molecule has 0 radical (unpaired) electrons. The fourth-order valence-electron chi connectivity index (χ4n) is 3.01. The lowest BCUT2D eigenvalue weighted by atomic mass is 9.94. The van der Waals surface area contributed by atoms with Crippen molar-refractivity contribution < 1.29 is 4.74 Å².